The van der Waals surface area contributed by atoms with Crippen molar-refractivity contribution in [1.82, 2.24) is 4.90 Å². The third kappa shape index (κ3) is 3.06. The molecular weight excluding hydrogens is 240 g/mol. The summed E-state index contributed by atoms with van der Waals surface area (Å²) in [6.07, 6.45) is 2.51. The van der Waals surface area contributed by atoms with Gasteiger partial charge in [-0.3, -0.25) is 0 Å². The monoisotopic (exact) mass is 256 g/mol. The number of nitrogens with zero attached hydrogens (tertiary/aromatic N) is 1. The first-order chi connectivity index (χ1) is 7.65. The maximum absolute atomic E-state index is 6.01. The van der Waals surface area contributed by atoms with Gasteiger partial charge in [-0.15, -0.1) is 11.8 Å². The molecular formula is C12H17ClN2S. The fourth-order valence-electron chi connectivity index (χ4n) is 1.88. The zero-order chi connectivity index (χ0) is 11.5. The maximum Gasteiger partial charge on any atom is 0.0646 e. The zero-order valence-electron chi connectivity index (χ0n) is 9.45. The summed E-state index contributed by atoms with van der Waals surface area (Å²) in [5.74, 6) is 0. The van der Waals surface area contributed by atoms with Crippen LogP contribution < -0.4 is 5.73 Å². The topological polar surface area (TPSA) is 29.3 Å². The van der Waals surface area contributed by atoms with Crippen LogP contribution in [0.2, 0.25) is 5.02 Å². The zero-order valence-corrected chi connectivity index (χ0v) is 11.0. The molecule has 1 aromatic rings. The quantitative estimate of drug-likeness (QED) is 0.825. The van der Waals surface area contributed by atoms with Crippen LogP contribution >= 0.6 is 23.4 Å². The van der Waals surface area contributed by atoms with Gasteiger partial charge in [0.15, 0.2) is 0 Å². The van der Waals surface area contributed by atoms with Gasteiger partial charge in [0.1, 0.15) is 0 Å². The lowest BCUT2D eigenvalue weighted by molar-refractivity contribution is 0.282. The maximum atomic E-state index is 6.01. The number of benzene rings is 1. The summed E-state index contributed by atoms with van der Waals surface area (Å²) in [7, 11) is 2.18. The van der Waals surface area contributed by atoms with Crippen molar-refractivity contribution < 1.29 is 0 Å². The van der Waals surface area contributed by atoms with Gasteiger partial charge >= 0.3 is 0 Å². The van der Waals surface area contributed by atoms with E-state index < -0.39 is 0 Å². The molecule has 0 aliphatic carbocycles. The highest BCUT2D eigenvalue weighted by molar-refractivity contribution is 8.00. The van der Waals surface area contributed by atoms with Crippen molar-refractivity contribution in [1.29, 1.82) is 0 Å². The second-order valence-corrected chi connectivity index (χ2v) is 6.08. The Hall–Kier alpha value is -0.380. The Labute approximate surface area is 106 Å². The molecule has 0 amide bonds. The second-order valence-electron chi connectivity index (χ2n) is 4.30. The minimum atomic E-state index is 0.661. The molecule has 1 saturated heterocycles. The highest BCUT2D eigenvalue weighted by Gasteiger charge is 2.17. The fourth-order valence-corrected chi connectivity index (χ4v) is 3.29. The van der Waals surface area contributed by atoms with Crippen molar-refractivity contribution in [2.45, 2.75) is 23.0 Å². The van der Waals surface area contributed by atoms with Gasteiger partial charge in [-0.2, -0.15) is 0 Å². The normalized spacial score (nSPS) is 18.9. The molecule has 4 heteroatoms. The number of rotatable bonds is 2. The SMILES string of the molecule is CN1CCC(Sc2ccc(N)c(Cl)c2)CC1. The van der Waals surface area contributed by atoms with Crippen LogP contribution in [0.5, 0.6) is 0 Å². The van der Waals surface area contributed by atoms with E-state index in [1.165, 1.54) is 30.8 Å². The van der Waals surface area contributed by atoms with Crippen molar-refractivity contribution in [2.75, 3.05) is 25.9 Å². The Balaban J connectivity index is 1.96. The summed E-state index contributed by atoms with van der Waals surface area (Å²) in [6, 6.07) is 5.92. The van der Waals surface area contributed by atoms with Gasteiger partial charge in [0.2, 0.25) is 0 Å². The largest absolute Gasteiger partial charge is 0.398 e. The molecule has 2 rings (SSSR count). The predicted molar refractivity (Wildman–Crippen MR) is 72.2 cm³/mol. The lowest BCUT2D eigenvalue weighted by Crippen LogP contribution is -2.31. The minimum absolute atomic E-state index is 0.661. The van der Waals surface area contributed by atoms with Gasteiger partial charge in [0.25, 0.3) is 0 Å². The van der Waals surface area contributed by atoms with Crippen LogP contribution in [0, 0.1) is 0 Å². The van der Waals surface area contributed by atoms with Gasteiger partial charge in [0, 0.05) is 10.1 Å². The van der Waals surface area contributed by atoms with Crippen LogP contribution in [-0.2, 0) is 0 Å². The number of likely N-dealkylation sites (tertiary alicyclic amines) is 1. The molecule has 1 heterocycles. The number of anilines is 1. The average Bonchev–Trinajstić information content (AvgIpc) is 2.27. The van der Waals surface area contributed by atoms with Crippen molar-refractivity contribution in [3.05, 3.63) is 23.2 Å². The van der Waals surface area contributed by atoms with Crippen LogP contribution in [0.25, 0.3) is 0 Å². The van der Waals surface area contributed by atoms with E-state index >= 15 is 0 Å². The molecule has 0 bridgehead atoms. The summed E-state index contributed by atoms with van der Waals surface area (Å²) < 4.78 is 0. The molecule has 0 aromatic heterocycles. The van der Waals surface area contributed by atoms with E-state index in [9.17, 15) is 0 Å². The lowest BCUT2D eigenvalue weighted by Gasteiger charge is -2.28. The third-order valence-corrected chi connectivity index (χ3v) is 4.60. The number of nitrogen functional groups attached to an aromatic ring is 1. The molecule has 0 saturated carbocycles. The summed E-state index contributed by atoms with van der Waals surface area (Å²) in [5, 5.41) is 1.38. The Bertz CT molecular complexity index is 362. The first kappa shape index (κ1) is 12.1. The van der Waals surface area contributed by atoms with Crippen LogP contribution in [0.4, 0.5) is 5.69 Å². The molecule has 0 unspecified atom stereocenters. The molecule has 2 N–H and O–H groups in total. The number of nitrogens with two attached hydrogens (primary N) is 1. The van der Waals surface area contributed by atoms with Crippen molar-refractivity contribution >= 4 is 29.1 Å². The number of halogens is 1. The summed E-state index contributed by atoms with van der Waals surface area (Å²) in [5.41, 5.74) is 6.35. The number of hydrogen-bond acceptors (Lipinski definition) is 3. The van der Waals surface area contributed by atoms with Crippen molar-refractivity contribution in [3.63, 3.8) is 0 Å². The minimum Gasteiger partial charge on any atom is -0.398 e. The third-order valence-electron chi connectivity index (χ3n) is 2.94. The Morgan fingerprint density at radius 3 is 2.69 bits per heavy atom. The van der Waals surface area contributed by atoms with Gasteiger partial charge in [-0.25, -0.2) is 0 Å². The second kappa shape index (κ2) is 5.30. The predicted octanol–water partition coefficient (Wildman–Crippen LogP) is 3.11. The van der Waals surface area contributed by atoms with Crippen molar-refractivity contribution in [2.24, 2.45) is 0 Å². The molecule has 1 fully saturated rings. The van der Waals surface area contributed by atoms with Crippen LogP contribution in [0.3, 0.4) is 0 Å². The number of hydrogen-bond donors (Lipinski definition) is 1. The summed E-state index contributed by atoms with van der Waals surface area (Å²) in [6.45, 7) is 2.39. The van der Waals surface area contributed by atoms with Crippen molar-refractivity contribution in [3.8, 4) is 0 Å². The number of piperidine rings is 1. The Kier molecular flexibility index (Phi) is 4.00. The smallest absolute Gasteiger partial charge is 0.0646 e. The van der Waals surface area contributed by atoms with E-state index in [2.05, 4.69) is 18.0 Å². The van der Waals surface area contributed by atoms with Gasteiger partial charge in [-0.1, -0.05) is 11.6 Å². The molecule has 1 aliphatic rings. The molecule has 16 heavy (non-hydrogen) atoms. The van der Waals surface area contributed by atoms with E-state index in [0.717, 1.165) is 5.25 Å². The molecule has 0 atom stereocenters. The standard InChI is InChI=1S/C12H17ClN2S/c1-15-6-4-9(5-7-15)16-10-2-3-12(14)11(13)8-10/h2-3,8-9H,4-7,14H2,1H3. The molecule has 88 valence electrons. The first-order valence-corrected chi connectivity index (χ1v) is 6.81. The summed E-state index contributed by atoms with van der Waals surface area (Å²) >= 11 is 7.93. The molecule has 2 nitrogen and oxygen atoms in total. The lowest BCUT2D eigenvalue weighted by atomic mass is 10.1. The number of thioether (sulfide) groups is 1. The van der Waals surface area contributed by atoms with E-state index in [4.69, 9.17) is 17.3 Å². The summed E-state index contributed by atoms with van der Waals surface area (Å²) in [4.78, 5) is 3.61. The first-order valence-electron chi connectivity index (χ1n) is 5.55. The molecule has 1 aromatic carbocycles. The average molecular weight is 257 g/mol. The van der Waals surface area contributed by atoms with Gasteiger partial charge in [0.05, 0.1) is 10.7 Å². The van der Waals surface area contributed by atoms with Crippen LogP contribution in [0.1, 0.15) is 12.8 Å². The molecule has 0 spiro atoms. The molecule has 0 radical (unpaired) electrons. The van der Waals surface area contributed by atoms with Crippen LogP contribution in [0.15, 0.2) is 23.1 Å². The van der Waals surface area contributed by atoms with Crippen LogP contribution in [-0.4, -0.2) is 30.3 Å². The fraction of sp³-hybridized carbons (Fsp3) is 0.500. The Morgan fingerprint density at radius 2 is 2.06 bits per heavy atom. The van der Waals surface area contributed by atoms with E-state index in [1.54, 1.807) is 0 Å². The van der Waals surface area contributed by atoms with E-state index in [0.29, 0.717) is 10.7 Å². The highest BCUT2D eigenvalue weighted by Crippen LogP contribution is 2.33. The highest BCUT2D eigenvalue weighted by atomic mass is 35.5. The molecule has 1 aliphatic heterocycles. The Morgan fingerprint density at radius 1 is 1.38 bits per heavy atom. The van der Waals surface area contributed by atoms with Gasteiger partial charge in [-0.05, 0) is 51.2 Å². The van der Waals surface area contributed by atoms with Gasteiger partial charge < -0.3 is 10.6 Å². The van der Waals surface area contributed by atoms with E-state index in [1.807, 2.05) is 23.9 Å². The van der Waals surface area contributed by atoms with E-state index in [-0.39, 0.29) is 0 Å².